The van der Waals surface area contributed by atoms with E-state index in [0.717, 1.165) is 37.2 Å². The van der Waals surface area contributed by atoms with Gasteiger partial charge in [0.2, 0.25) is 0 Å². The number of rotatable bonds is 8. The van der Waals surface area contributed by atoms with Crippen LogP contribution in [0.2, 0.25) is 0 Å². The highest BCUT2D eigenvalue weighted by molar-refractivity contribution is 7.16. The lowest BCUT2D eigenvalue weighted by Crippen LogP contribution is -2.29. The molecule has 4 rings (SSSR count). The molecule has 2 aromatic carbocycles. The van der Waals surface area contributed by atoms with Gasteiger partial charge in [-0.15, -0.1) is 11.3 Å². The Kier molecular flexibility index (Phi) is 7.42. The van der Waals surface area contributed by atoms with Crippen molar-refractivity contribution in [2.45, 2.75) is 26.4 Å². The third kappa shape index (κ3) is 5.26. The van der Waals surface area contributed by atoms with Crippen LogP contribution in [0.4, 0.5) is 5.00 Å². The van der Waals surface area contributed by atoms with E-state index >= 15 is 0 Å². The Bertz CT molecular complexity index is 1140. The number of carbonyl (C=O) groups is 1. The molecule has 33 heavy (non-hydrogen) atoms. The number of esters is 1. The number of carbonyl (C=O) groups excluding carboxylic acids is 1. The predicted octanol–water partition coefficient (Wildman–Crippen LogP) is 5.25. The van der Waals surface area contributed by atoms with Gasteiger partial charge < -0.3 is 14.2 Å². The first-order valence-corrected chi connectivity index (χ1v) is 11.8. The molecule has 3 aromatic rings. The van der Waals surface area contributed by atoms with Gasteiger partial charge in [-0.1, -0.05) is 30.3 Å². The summed E-state index contributed by atoms with van der Waals surface area (Å²) in [6, 6.07) is 16.0. The summed E-state index contributed by atoms with van der Waals surface area (Å²) >= 11 is 1.56. The molecule has 1 aliphatic heterocycles. The van der Waals surface area contributed by atoms with Crippen LogP contribution >= 0.6 is 11.3 Å². The monoisotopic (exact) mass is 464 g/mol. The molecule has 0 aliphatic carbocycles. The first kappa shape index (κ1) is 23.0. The fourth-order valence-corrected chi connectivity index (χ4v) is 5.21. The number of fused-ring (bicyclic) bond motifs is 1. The standard InChI is InChI=1S/C26H28N2O4S/c1-4-32-26(29)24-21-12-13-28(16-18-8-6-5-7-9-18)17-23(21)33-25(24)27-15-19-14-20(30-2)10-11-22(19)31-3/h5-11,14-15H,4,12-13,16-17H2,1-3H3. The molecule has 172 valence electrons. The summed E-state index contributed by atoms with van der Waals surface area (Å²) in [5.41, 5.74) is 3.72. The molecule has 0 bridgehead atoms. The molecule has 0 atom stereocenters. The van der Waals surface area contributed by atoms with Gasteiger partial charge in [0.1, 0.15) is 16.5 Å². The molecule has 1 aromatic heterocycles. The third-order valence-corrected chi connectivity index (χ3v) is 6.73. The van der Waals surface area contributed by atoms with Crippen LogP contribution in [-0.4, -0.2) is 44.5 Å². The summed E-state index contributed by atoms with van der Waals surface area (Å²) in [6.07, 6.45) is 2.52. The van der Waals surface area contributed by atoms with Crippen LogP contribution in [0.25, 0.3) is 0 Å². The van der Waals surface area contributed by atoms with Crippen LogP contribution in [0.3, 0.4) is 0 Å². The lowest BCUT2D eigenvalue weighted by molar-refractivity contribution is 0.0526. The number of benzene rings is 2. The van der Waals surface area contributed by atoms with Crippen LogP contribution < -0.4 is 9.47 Å². The zero-order valence-corrected chi connectivity index (χ0v) is 20.0. The van der Waals surface area contributed by atoms with E-state index in [2.05, 4.69) is 29.2 Å². The molecule has 2 heterocycles. The highest BCUT2D eigenvalue weighted by Gasteiger charge is 2.28. The highest BCUT2D eigenvalue weighted by atomic mass is 32.1. The van der Waals surface area contributed by atoms with Crippen molar-refractivity contribution in [3.63, 3.8) is 0 Å². The van der Waals surface area contributed by atoms with Crippen LogP contribution in [0.5, 0.6) is 11.5 Å². The summed E-state index contributed by atoms with van der Waals surface area (Å²) in [6.45, 7) is 4.71. The summed E-state index contributed by atoms with van der Waals surface area (Å²) in [7, 11) is 3.24. The van der Waals surface area contributed by atoms with Gasteiger partial charge >= 0.3 is 5.97 Å². The molecular formula is C26H28N2O4S. The minimum absolute atomic E-state index is 0.309. The average molecular weight is 465 g/mol. The van der Waals surface area contributed by atoms with Crippen molar-refractivity contribution in [3.05, 3.63) is 75.7 Å². The maximum Gasteiger partial charge on any atom is 0.341 e. The molecule has 0 N–H and O–H groups in total. The van der Waals surface area contributed by atoms with Crippen molar-refractivity contribution in [1.82, 2.24) is 4.90 Å². The summed E-state index contributed by atoms with van der Waals surface area (Å²) in [5, 5.41) is 0.671. The Hall–Kier alpha value is -3.16. The molecule has 0 fully saturated rings. The van der Waals surface area contributed by atoms with Gasteiger partial charge in [0.15, 0.2) is 0 Å². The topological polar surface area (TPSA) is 60.4 Å². The largest absolute Gasteiger partial charge is 0.497 e. The number of thiophene rings is 1. The average Bonchev–Trinajstić information content (AvgIpc) is 3.21. The lowest BCUT2D eigenvalue weighted by atomic mass is 10.0. The van der Waals surface area contributed by atoms with Crippen molar-refractivity contribution in [2.24, 2.45) is 4.99 Å². The molecule has 0 spiro atoms. The molecule has 7 heteroatoms. The maximum atomic E-state index is 12.9. The molecule has 6 nitrogen and oxygen atoms in total. The van der Waals surface area contributed by atoms with Crippen molar-refractivity contribution in [1.29, 1.82) is 0 Å². The summed E-state index contributed by atoms with van der Waals surface area (Å²) in [4.78, 5) is 21.2. The summed E-state index contributed by atoms with van der Waals surface area (Å²) in [5.74, 6) is 1.09. The minimum Gasteiger partial charge on any atom is -0.497 e. The second kappa shape index (κ2) is 10.6. The second-order valence-corrected chi connectivity index (χ2v) is 8.80. The van der Waals surface area contributed by atoms with E-state index in [1.54, 1.807) is 31.8 Å². The zero-order chi connectivity index (χ0) is 23.2. The van der Waals surface area contributed by atoms with Gasteiger partial charge in [0.05, 0.1) is 26.4 Å². The number of methoxy groups -OCH3 is 2. The molecule has 0 unspecified atom stereocenters. The Labute approximate surface area is 198 Å². The van der Waals surface area contributed by atoms with E-state index in [1.165, 1.54) is 10.4 Å². The molecule has 0 saturated carbocycles. The van der Waals surface area contributed by atoms with E-state index in [1.807, 2.05) is 31.2 Å². The smallest absolute Gasteiger partial charge is 0.341 e. The van der Waals surface area contributed by atoms with E-state index in [9.17, 15) is 4.79 Å². The fourth-order valence-electron chi connectivity index (χ4n) is 3.99. The number of nitrogens with zero attached hydrogens (tertiary/aromatic N) is 2. The van der Waals surface area contributed by atoms with Crippen LogP contribution in [-0.2, 0) is 24.2 Å². The normalized spacial score (nSPS) is 13.7. The van der Waals surface area contributed by atoms with E-state index < -0.39 is 0 Å². The van der Waals surface area contributed by atoms with Crippen molar-refractivity contribution >= 4 is 28.5 Å². The van der Waals surface area contributed by atoms with Gasteiger partial charge in [-0.25, -0.2) is 9.79 Å². The van der Waals surface area contributed by atoms with E-state index in [4.69, 9.17) is 19.2 Å². The number of hydrogen-bond donors (Lipinski definition) is 0. The van der Waals surface area contributed by atoms with Gasteiger partial charge in [0.25, 0.3) is 0 Å². The molecule has 0 amide bonds. The number of aliphatic imine (C=N–C) groups is 1. The first-order chi connectivity index (χ1) is 16.1. The van der Waals surface area contributed by atoms with Gasteiger partial charge in [-0.3, -0.25) is 4.90 Å². The Morgan fingerprint density at radius 2 is 1.97 bits per heavy atom. The predicted molar refractivity (Wildman–Crippen MR) is 131 cm³/mol. The Morgan fingerprint density at radius 3 is 2.70 bits per heavy atom. The number of hydrogen-bond acceptors (Lipinski definition) is 7. The molecular weight excluding hydrogens is 436 g/mol. The van der Waals surface area contributed by atoms with Crippen LogP contribution in [0.1, 0.15) is 38.8 Å². The summed E-state index contributed by atoms with van der Waals surface area (Å²) < 4.78 is 16.2. The van der Waals surface area contributed by atoms with E-state index in [-0.39, 0.29) is 5.97 Å². The third-order valence-electron chi connectivity index (χ3n) is 5.60. The number of ether oxygens (including phenoxy) is 3. The highest BCUT2D eigenvalue weighted by Crippen LogP contribution is 2.40. The maximum absolute atomic E-state index is 12.9. The minimum atomic E-state index is -0.309. The van der Waals surface area contributed by atoms with Crippen LogP contribution in [0, 0.1) is 0 Å². The van der Waals surface area contributed by atoms with Crippen molar-refractivity contribution in [2.75, 3.05) is 27.4 Å². The zero-order valence-electron chi connectivity index (χ0n) is 19.2. The first-order valence-electron chi connectivity index (χ1n) is 11.0. The second-order valence-electron chi connectivity index (χ2n) is 7.72. The SMILES string of the molecule is CCOC(=O)c1c(N=Cc2cc(OC)ccc2OC)sc2c1CCN(Cc1ccccc1)C2. The molecule has 0 radical (unpaired) electrons. The quantitative estimate of drug-likeness (QED) is 0.337. The molecule has 0 saturated heterocycles. The van der Waals surface area contributed by atoms with E-state index in [0.29, 0.717) is 28.7 Å². The lowest BCUT2D eigenvalue weighted by Gasteiger charge is -2.27. The van der Waals surface area contributed by atoms with Crippen LogP contribution in [0.15, 0.2) is 53.5 Å². The Morgan fingerprint density at radius 1 is 1.15 bits per heavy atom. The van der Waals surface area contributed by atoms with Gasteiger partial charge in [-0.2, -0.15) is 0 Å². The van der Waals surface area contributed by atoms with Crippen molar-refractivity contribution in [3.8, 4) is 11.5 Å². The fraction of sp³-hybridized carbons (Fsp3) is 0.308. The molecule has 1 aliphatic rings. The Balaban J connectivity index is 1.65. The van der Waals surface area contributed by atoms with Gasteiger partial charge in [0, 0.05) is 36.3 Å². The van der Waals surface area contributed by atoms with Crippen molar-refractivity contribution < 1.29 is 19.0 Å². The van der Waals surface area contributed by atoms with Gasteiger partial charge in [-0.05, 0) is 42.7 Å².